The second-order valence-corrected chi connectivity index (χ2v) is 14.9. The van der Waals surface area contributed by atoms with Crippen molar-refractivity contribution in [1.82, 2.24) is 10.2 Å². The minimum absolute atomic E-state index is 0.00326. The van der Waals surface area contributed by atoms with E-state index in [0.29, 0.717) is 31.9 Å². The maximum Gasteiger partial charge on any atom is 0.264 e. The molecule has 1 aliphatic rings. The van der Waals surface area contributed by atoms with Crippen LogP contribution in [0.2, 0.25) is 15.1 Å². The Balaban J connectivity index is 1.60. The van der Waals surface area contributed by atoms with E-state index in [-0.39, 0.29) is 29.8 Å². The minimum Gasteiger partial charge on any atom is -0.352 e. The lowest BCUT2D eigenvalue weighted by atomic mass is 10.0. The van der Waals surface area contributed by atoms with E-state index in [4.69, 9.17) is 34.8 Å². The second-order valence-electron chi connectivity index (χ2n) is 11.7. The van der Waals surface area contributed by atoms with Crippen molar-refractivity contribution in [2.24, 2.45) is 0 Å². The van der Waals surface area contributed by atoms with Crippen molar-refractivity contribution in [3.05, 3.63) is 129 Å². The van der Waals surface area contributed by atoms with Crippen LogP contribution in [0.3, 0.4) is 0 Å². The van der Waals surface area contributed by atoms with Gasteiger partial charge in [-0.15, -0.1) is 0 Å². The van der Waals surface area contributed by atoms with Gasteiger partial charge in [0.1, 0.15) is 12.6 Å². The molecule has 1 aliphatic carbocycles. The molecule has 11 heteroatoms. The summed E-state index contributed by atoms with van der Waals surface area (Å²) in [5.41, 5.74) is 2.28. The number of carbonyl (C=O) groups excluding carboxylic acids is 2. The predicted molar refractivity (Wildman–Crippen MR) is 189 cm³/mol. The van der Waals surface area contributed by atoms with E-state index >= 15 is 0 Å². The van der Waals surface area contributed by atoms with Gasteiger partial charge in [-0.05, 0) is 78.9 Å². The molecule has 4 aromatic rings. The SMILES string of the molecule is Cc1cc(Cl)ccc1N(CC(=O)N(Cc1ccc(Cl)cc1Cl)[C@H](Cc1ccccc1)C(=O)NC1CCCC1)S(=O)(=O)c1ccccc1. The predicted octanol–water partition coefficient (Wildman–Crippen LogP) is 7.85. The van der Waals surface area contributed by atoms with E-state index in [1.807, 2.05) is 30.3 Å². The van der Waals surface area contributed by atoms with Gasteiger partial charge in [-0.25, -0.2) is 8.42 Å². The van der Waals surface area contributed by atoms with Gasteiger partial charge < -0.3 is 10.2 Å². The fourth-order valence-electron chi connectivity index (χ4n) is 5.89. The Morgan fingerprint density at radius 3 is 2.11 bits per heavy atom. The Kier molecular flexibility index (Phi) is 11.5. The summed E-state index contributed by atoms with van der Waals surface area (Å²) < 4.78 is 29.5. The van der Waals surface area contributed by atoms with Crippen LogP contribution in [0.1, 0.15) is 42.4 Å². The number of nitrogens with zero attached hydrogens (tertiary/aromatic N) is 2. The maximum absolute atomic E-state index is 14.7. The molecule has 0 aromatic heterocycles. The highest BCUT2D eigenvalue weighted by molar-refractivity contribution is 7.92. The molecule has 0 radical (unpaired) electrons. The number of hydrogen-bond acceptors (Lipinski definition) is 4. The first-order chi connectivity index (χ1) is 22.5. The third-order valence-electron chi connectivity index (χ3n) is 8.37. The van der Waals surface area contributed by atoms with Gasteiger partial charge in [-0.1, -0.05) is 102 Å². The van der Waals surface area contributed by atoms with Crippen LogP contribution >= 0.6 is 34.8 Å². The molecule has 4 aromatic carbocycles. The first-order valence-electron chi connectivity index (χ1n) is 15.4. The average molecular weight is 713 g/mol. The van der Waals surface area contributed by atoms with Crippen LogP contribution in [0.25, 0.3) is 0 Å². The average Bonchev–Trinajstić information content (AvgIpc) is 3.56. The number of hydrogen-bond donors (Lipinski definition) is 1. The van der Waals surface area contributed by atoms with Crippen LogP contribution in [0.5, 0.6) is 0 Å². The summed E-state index contributed by atoms with van der Waals surface area (Å²) in [6.07, 6.45) is 3.97. The molecule has 1 N–H and O–H groups in total. The van der Waals surface area contributed by atoms with E-state index in [2.05, 4.69) is 5.32 Å². The first-order valence-corrected chi connectivity index (χ1v) is 18.0. The number of rotatable bonds is 12. The summed E-state index contributed by atoms with van der Waals surface area (Å²) in [6.45, 7) is 1.11. The van der Waals surface area contributed by atoms with E-state index in [9.17, 15) is 18.0 Å². The molecule has 1 atom stereocenters. The Morgan fingerprint density at radius 2 is 1.47 bits per heavy atom. The number of sulfonamides is 1. The van der Waals surface area contributed by atoms with Crippen LogP contribution in [-0.4, -0.2) is 43.8 Å². The van der Waals surface area contributed by atoms with Gasteiger partial charge in [-0.2, -0.15) is 0 Å². The van der Waals surface area contributed by atoms with Gasteiger partial charge >= 0.3 is 0 Å². The molecule has 47 heavy (non-hydrogen) atoms. The van der Waals surface area contributed by atoms with Gasteiger partial charge in [0.2, 0.25) is 11.8 Å². The van der Waals surface area contributed by atoms with Crippen molar-refractivity contribution >= 4 is 62.3 Å². The maximum atomic E-state index is 14.7. The fourth-order valence-corrected chi connectivity index (χ4v) is 8.08. The molecule has 1 saturated carbocycles. The van der Waals surface area contributed by atoms with Gasteiger partial charge in [-0.3, -0.25) is 13.9 Å². The molecule has 0 bridgehead atoms. The van der Waals surface area contributed by atoms with Gasteiger partial charge in [0.25, 0.3) is 10.0 Å². The largest absolute Gasteiger partial charge is 0.352 e. The third kappa shape index (κ3) is 8.68. The Bertz CT molecular complexity index is 1820. The lowest BCUT2D eigenvalue weighted by Crippen LogP contribution is -2.54. The normalized spacial score (nSPS) is 14.0. The number of halogens is 3. The van der Waals surface area contributed by atoms with Crippen molar-refractivity contribution in [3.8, 4) is 0 Å². The fraction of sp³-hybridized carbons (Fsp3) is 0.278. The van der Waals surface area contributed by atoms with Crippen molar-refractivity contribution in [1.29, 1.82) is 0 Å². The zero-order valence-electron chi connectivity index (χ0n) is 25.9. The molecule has 1 fully saturated rings. The van der Waals surface area contributed by atoms with Crippen LogP contribution < -0.4 is 9.62 Å². The topological polar surface area (TPSA) is 86.8 Å². The van der Waals surface area contributed by atoms with E-state index in [1.165, 1.54) is 17.0 Å². The summed E-state index contributed by atoms with van der Waals surface area (Å²) in [5, 5.41) is 4.35. The lowest BCUT2D eigenvalue weighted by molar-refractivity contribution is -0.140. The highest BCUT2D eigenvalue weighted by Gasteiger charge is 2.36. The molecule has 0 heterocycles. The molecule has 5 rings (SSSR count). The summed E-state index contributed by atoms with van der Waals surface area (Å²) >= 11 is 19.0. The standard InChI is InChI=1S/C36H36Cl3N3O4S/c1-25-20-28(37)18-19-33(25)42(47(45,46)31-14-6-3-7-15-31)24-35(43)41(23-27-16-17-29(38)22-32(27)39)34(21-26-10-4-2-5-11-26)36(44)40-30-12-8-9-13-30/h2-7,10-11,14-20,22,30,34H,8-9,12-13,21,23-24H2,1H3,(H,40,44)/t34-/m1/s1. The van der Waals surface area contributed by atoms with Crippen molar-refractivity contribution < 1.29 is 18.0 Å². The van der Waals surface area contributed by atoms with Crippen LogP contribution in [0, 0.1) is 6.92 Å². The smallest absolute Gasteiger partial charge is 0.264 e. The molecule has 0 spiro atoms. The molecule has 0 saturated heterocycles. The second kappa shape index (κ2) is 15.6. The van der Waals surface area contributed by atoms with Gasteiger partial charge in [0.05, 0.1) is 10.6 Å². The summed E-state index contributed by atoms with van der Waals surface area (Å²) in [7, 11) is -4.23. The zero-order valence-corrected chi connectivity index (χ0v) is 29.0. The quantitative estimate of drug-likeness (QED) is 0.162. The number of benzene rings is 4. The lowest BCUT2D eigenvalue weighted by Gasteiger charge is -2.35. The monoisotopic (exact) mass is 711 g/mol. The van der Waals surface area contributed by atoms with Crippen molar-refractivity contribution in [2.75, 3.05) is 10.8 Å². The first kappa shape index (κ1) is 34.8. The van der Waals surface area contributed by atoms with Gasteiger partial charge in [0.15, 0.2) is 0 Å². The molecule has 2 amide bonds. The Morgan fingerprint density at radius 1 is 0.851 bits per heavy atom. The summed E-state index contributed by atoms with van der Waals surface area (Å²) in [4.78, 5) is 30.3. The molecule has 246 valence electrons. The van der Waals surface area contributed by atoms with E-state index in [0.717, 1.165) is 35.6 Å². The Labute approximate surface area is 291 Å². The number of anilines is 1. The zero-order chi connectivity index (χ0) is 33.6. The van der Waals surface area contributed by atoms with Crippen LogP contribution in [0.15, 0.2) is 102 Å². The van der Waals surface area contributed by atoms with Crippen molar-refractivity contribution in [3.63, 3.8) is 0 Å². The highest BCUT2D eigenvalue weighted by atomic mass is 35.5. The molecule has 0 unspecified atom stereocenters. The summed E-state index contributed by atoms with van der Waals surface area (Å²) in [6, 6.07) is 26.2. The molecule has 0 aliphatic heterocycles. The number of amides is 2. The number of carbonyl (C=O) groups is 2. The van der Waals surface area contributed by atoms with Gasteiger partial charge in [0, 0.05) is 34.1 Å². The Hall–Kier alpha value is -3.56. The van der Waals surface area contributed by atoms with E-state index < -0.39 is 28.5 Å². The third-order valence-corrected chi connectivity index (χ3v) is 11.0. The number of aryl methyl sites for hydroxylation is 1. The van der Waals surface area contributed by atoms with Crippen LogP contribution in [0.4, 0.5) is 5.69 Å². The van der Waals surface area contributed by atoms with Crippen LogP contribution in [-0.2, 0) is 32.6 Å². The van der Waals surface area contributed by atoms with Crippen molar-refractivity contribution in [2.45, 2.75) is 62.6 Å². The summed E-state index contributed by atoms with van der Waals surface area (Å²) in [5.74, 6) is -0.883. The molecule has 7 nitrogen and oxygen atoms in total. The van der Waals surface area contributed by atoms with E-state index in [1.54, 1.807) is 61.5 Å². The molecular weight excluding hydrogens is 677 g/mol. The molecular formula is C36H36Cl3N3O4S. The number of nitrogens with one attached hydrogen (secondary N) is 1. The minimum atomic E-state index is -4.23. The highest BCUT2D eigenvalue weighted by Crippen LogP contribution is 2.30.